The fraction of sp³-hybridized carbons (Fsp3) is 0.722. The third-order valence-electron chi connectivity index (χ3n) is 6.47. The lowest BCUT2D eigenvalue weighted by Gasteiger charge is -2.26. The molecule has 5 rings (SSSR count). The molecule has 27 heavy (non-hydrogen) atoms. The minimum atomic E-state index is 0.0605. The number of rotatable bonds is 4. The first-order chi connectivity index (χ1) is 13.1. The van der Waals surface area contributed by atoms with E-state index < -0.39 is 0 Å². The largest absolute Gasteiger partial charge is 0.368 e. The van der Waals surface area contributed by atoms with Crippen LogP contribution in [0.3, 0.4) is 0 Å². The molecule has 144 valence electrons. The number of likely N-dealkylation sites (tertiary alicyclic amines) is 1. The molecule has 2 atom stereocenters. The van der Waals surface area contributed by atoms with Crippen LogP contribution in [0.4, 0.5) is 5.82 Å². The Morgan fingerprint density at radius 1 is 1.30 bits per heavy atom. The zero-order chi connectivity index (χ0) is 18.4. The second kappa shape index (κ2) is 6.40. The Bertz CT molecular complexity index is 849. The van der Waals surface area contributed by atoms with E-state index in [0.29, 0.717) is 11.6 Å². The number of nitrogens with zero attached hydrogens (tertiary/aromatic N) is 7. The Morgan fingerprint density at radius 2 is 2.15 bits per heavy atom. The van der Waals surface area contributed by atoms with Crippen molar-refractivity contribution in [1.29, 1.82) is 0 Å². The van der Waals surface area contributed by atoms with Crippen LogP contribution in [-0.4, -0.2) is 74.7 Å². The first-order valence-electron chi connectivity index (χ1n) is 9.79. The van der Waals surface area contributed by atoms with E-state index in [4.69, 9.17) is 4.74 Å². The monoisotopic (exact) mass is 371 g/mol. The van der Waals surface area contributed by atoms with Crippen molar-refractivity contribution in [3.63, 3.8) is 0 Å². The standard InChI is InChI=1S/C18H25N7O2/c1-18-11-23(15(26)10-27-14-4-2-3-5-14)8-13(18)9-24(12-18)16-17-20-21-22-25(17)7-6-19-16/h6-7,13-14H,2-5,8-12H2,1H3/t13-,18+/m0/s1. The molecule has 0 bridgehead atoms. The molecule has 3 aliphatic rings. The van der Waals surface area contributed by atoms with Gasteiger partial charge >= 0.3 is 0 Å². The van der Waals surface area contributed by atoms with E-state index in [9.17, 15) is 4.79 Å². The van der Waals surface area contributed by atoms with E-state index in [1.165, 1.54) is 12.8 Å². The molecule has 2 aromatic rings. The molecule has 0 unspecified atom stereocenters. The van der Waals surface area contributed by atoms with Gasteiger partial charge in [0.2, 0.25) is 11.6 Å². The summed E-state index contributed by atoms with van der Waals surface area (Å²) in [6.45, 7) is 5.77. The Labute approximate surface area is 157 Å². The summed E-state index contributed by atoms with van der Waals surface area (Å²) >= 11 is 0. The first-order valence-corrected chi connectivity index (χ1v) is 9.79. The Balaban J connectivity index is 1.24. The van der Waals surface area contributed by atoms with Crippen molar-refractivity contribution < 1.29 is 9.53 Å². The topological polar surface area (TPSA) is 88.8 Å². The van der Waals surface area contributed by atoms with E-state index >= 15 is 0 Å². The summed E-state index contributed by atoms with van der Waals surface area (Å²) in [5.74, 6) is 1.37. The summed E-state index contributed by atoms with van der Waals surface area (Å²) in [5, 5.41) is 11.8. The van der Waals surface area contributed by atoms with Gasteiger partial charge in [-0.05, 0) is 23.3 Å². The van der Waals surface area contributed by atoms with Crippen molar-refractivity contribution in [2.24, 2.45) is 11.3 Å². The van der Waals surface area contributed by atoms with Gasteiger partial charge in [0.25, 0.3) is 0 Å². The van der Waals surface area contributed by atoms with Crippen LogP contribution < -0.4 is 4.90 Å². The van der Waals surface area contributed by atoms with Crippen molar-refractivity contribution in [2.45, 2.75) is 38.7 Å². The minimum absolute atomic E-state index is 0.0605. The lowest BCUT2D eigenvalue weighted by Crippen LogP contribution is -2.38. The van der Waals surface area contributed by atoms with Crippen LogP contribution in [0.2, 0.25) is 0 Å². The average molecular weight is 371 g/mol. The van der Waals surface area contributed by atoms with Gasteiger partial charge in [-0.3, -0.25) is 4.79 Å². The highest BCUT2D eigenvalue weighted by atomic mass is 16.5. The fourth-order valence-electron chi connectivity index (χ4n) is 4.92. The highest BCUT2D eigenvalue weighted by molar-refractivity contribution is 5.78. The summed E-state index contributed by atoms with van der Waals surface area (Å²) in [4.78, 5) is 21.4. The number of hydrogen-bond acceptors (Lipinski definition) is 7. The number of ether oxygens (including phenoxy) is 1. The molecule has 0 N–H and O–H groups in total. The van der Waals surface area contributed by atoms with Crippen LogP contribution in [0.1, 0.15) is 32.6 Å². The van der Waals surface area contributed by atoms with Gasteiger partial charge in [0.15, 0.2) is 5.82 Å². The molecule has 0 spiro atoms. The maximum atomic E-state index is 12.6. The van der Waals surface area contributed by atoms with Crippen molar-refractivity contribution in [3.8, 4) is 0 Å². The van der Waals surface area contributed by atoms with Crippen LogP contribution in [0.15, 0.2) is 12.4 Å². The quantitative estimate of drug-likeness (QED) is 0.784. The Morgan fingerprint density at radius 3 is 2.96 bits per heavy atom. The predicted molar refractivity (Wildman–Crippen MR) is 97.2 cm³/mol. The van der Waals surface area contributed by atoms with Crippen molar-refractivity contribution >= 4 is 17.4 Å². The van der Waals surface area contributed by atoms with Gasteiger partial charge in [-0.1, -0.05) is 19.8 Å². The number of carbonyl (C=O) groups is 1. The van der Waals surface area contributed by atoms with E-state index in [0.717, 1.165) is 44.8 Å². The van der Waals surface area contributed by atoms with E-state index in [1.54, 1.807) is 16.9 Å². The third kappa shape index (κ3) is 2.93. The summed E-state index contributed by atoms with van der Waals surface area (Å²) in [5.41, 5.74) is 0.740. The van der Waals surface area contributed by atoms with Gasteiger partial charge in [0.1, 0.15) is 6.61 Å². The molecule has 4 heterocycles. The number of hydrogen-bond donors (Lipinski definition) is 0. The van der Waals surface area contributed by atoms with Crippen molar-refractivity contribution in [2.75, 3.05) is 37.7 Å². The summed E-state index contributed by atoms with van der Waals surface area (Å²) in [6.07, 6.45) is 8.40. The second-order valence-corrected chi connectivity index (χ2v) is 8.42. The zero-order valence-electron chi connectivity index (χ0n) is 15.6. The molecule has 2 aromatic heterocycles. The lowest BCUT2D eigenvalue weighted by molar-refractivity contribution is -0.137. The summed E-state index contributed by atoms with van der Waals surface area (Å²) in [7, 11) is 0. The molecule has 1 saturated carbocycles. The Hall–Kier alpha value is -2.29. The maximum Gasteiger partial charge on any atom is 0.248 e. The van der Waals surface area contributed by atoms with Gasteiger partial charge in [-0.15, -0.1) is 5.10 Å². The molecule has 9 nitrogen and oxygen atoms in total. The van der Waals surface area contributed by atoms with Crippen molar-refractivity contribution in [1.82, 2.24) is 29.9 Å². The molecule has 1 amide bonds. The Kier molecular flexibility index (Phi) is 3.99. The molecular formula is C18H25N7O2. The first kappa shape index (κ1) is 16.9. The fourth-order valence-corrected chi connectivity index (χ4v) is 4.92. The number of tetrazole rings is 1. The molecule has 1 aliphatic carbocycles. The number of anilines is 1. The van der Waals surface area contributed by atoms with Crippen LogP contribution in [0.25, 0.3) is 5.65 Å². The smallest absolute Gasteiger partial charge is 0.248 e. The van der Waals surface area contributed by atoms with Crippen LogP contribution in [0.5, 0.6) is 0 Å². The van der Waals surface area contributed by atoms with Crippen LogP contribution in [0, 0.1) is 11.3 Å². The van der Waals surface area contributed by atoms with E-state index in [2.05, 4.69) is 32.3 Å². The van der Waals surface area contributed by atoms with Gasteiger partial charge in [-0.2, -0.15) is 4.52 Å². The summed E-state index contributed by atoms with van der Waals surface area (Å²) in [6, 6.07) is 0. The number of aromatic nitrogens is 5. The number of fused-ring (bicyclic) bond motifs is 2. The molecule has 3 fully saturated rings. The zero-order valence-corrected chi connectivity index (χ0v) is 15.6. The molecule has 0 radical (unpaired) electrons. The third-order valence-corrected chi connectivity index (χ3v) is 6.47. The van der Waals surface area contributed by atoms with E-state index in [1.807, 2.05) is 4.90 Å². The highest BCUT2D eigenvalue weighted by Crippen LogP contribution is 2.43. The van der Waals surface area contributed by atoms with E-state index in [-0.39, 0.29) is 24.0 Å². The summed E-state index contributed by atoms with van der Waals surface area (Å²) < 4.78 is 7.47. The molecule has 2 saturated heterocycles. The van der Waals surface area contributed by atoms with Crippen LogP contribution >= 0.6 is 0 Å². The lowest BCUT2D eigenvalue weighted by atomic mass is 9.83. The number of carbonyl (C=O) groups excluding carboxylic acids is 1. The maximum absolute atomic E-state index is 12.6. The van der Waals surface area contributed by atoms with Gasteiger partial charge in [-0.25, -0.2) is 4.98 Å². The average Bonchev–Trinajstić information content (AvgIpc) is 3.41. The molecule has 9 heteroatoms. The van der Waals surface area contributed by atoms with Gasteiger partial charge < -0.3 is 14.5 Å². The van der Waals surface area contributed by atoms with Crippen molar-refractivity contribution in [3.05, 3.63) is 12.4 Å². The molecule has 0 aromatic carbocycles. The second-order valence-electron chi connectivity index (χ2n) is 8.42. The highest BCUT2D eigenvalue weighted by Gasteiger charge is 2.51. The SMILES string of the molecule is C[C@]12CN(C(=O)COC3CCCC3)C[C@H]1CN(c1nccn3nnnc13)C2. The van der Waals surface area contributed by atoms with Gasteiger partial charge in [0, 0.05) is 43.7 Å². The van der Waals surface area contributed by atoms with Gasteiger partial charge in [0.05, 0.1) is 12.3 Å². The predicted octanol–water partition coefficient (Wildman–Crippen LogP) is 0.763. The molecular weight excluding hydrogens is 346 g/mol. The minimum Gasteiger partial charge on any atom is -0.368 e. The van der Waals surface area contributed by atoms with Crippen LogP contribution in [-0.2, 0) is 9.53 Å². The number of amides is 1. The molecule has 2 aliphatic heterocycles. The normalized spacial score (nSPS) is 28.4.